The Morgan fingerprint density at radius 3 is 2.61 bits per heavy atom. The third-order valence-electron chi connectivity index (χ3n) is 3.24. The fraction of sp³-hybridized carbons (Fsp3) is 0.278. The summed E-state index contributed by atoms with van der Waals surface area (Å²) >= 11 is 6.03. The van der Waals surface area contributed by atoms with Crippen molar-refractivity contribution in [1.29, 1.82) is 0 Å². The molecular formula is C18H20ClNO3. The minimum atomic E-state index is -0.564. The Labute approximate surface area is 141 Å². The third-order valence-corrected chi connectivity index (χ3v) is 3.65. The van der Waals surface area contributed by atoms with Crippen LogP contribution in [0, 0.1) is 6.92 Å². The van der Waals surface area contributed by atoms with Crippen LogP contribution in [0.3, 0.4) is 0 Å². The Morgan fingerprint density at radius 2 is 1.91 bits per heavy atom. The van der Waals surface area contributed by atoms with Crippen LogP contribution in [0.2, 0.25) is 5.02 Å². The molecule has 1 N–H and O–H groups in total. The lowest BCUT2D eigenvalue weighted by molar-refractivity contribution is -0.127. The fourth-order valence-corrected chi connectivity index (χ4v) is 2.08. The quantitative estimate of drug-likeness (QED) is 0.787. The highest BCUT2D eigenvalue weighted by Gasteiger charge is 2.13. The zero-order valence-corrected chi connectivity index (χ0v) is 14.0. The topological polar surface area (TPSA) is 47.6 Å². The molecule has 122 valence electrons. The van der Waals surface area contributed by atoms with Crippen molar-refractivity contribution in [1.82, 2.24) is 5.32 Å². The molecule has 0 spiro atoms. The van der Waals surface area contributed by atoms with Crippen molar-refractivity contribution in [3.05, 3.63) is 59.1 Å². The molecule has 2 aromatic rings. The van der Waals surface area contributed by atoms with E-state index in [4.69, 9.17) is 21.1 Å². The molecule has 0 saturated carbocycles. The lowest BCUT2D eigenvalue weighted by atomic mass is 10.2. The Hall–Kier alpha value is -2.20. The number of para-hydroxylation sites is 1. The number of hydrogen-bond donors (Lipinski definition) is 1. The van der Waals surface area contributed by atoms with E-state index < -0.39 is 6.10 Å². The molecule has 0 aromatic heterocycles. The van der Waals surface area contributed by atoms with Crippen LogP contribution in [-0.4, -0.2) is 25.2 Å². The van der Waals surface area contributed by atoms with E-state index in [1.54, 1.807) is 13.0 Å². The van der Waals surface area contributed by atoms with Crippen LogP contribution < -0.4 is 14.8 Å². The summed E-state index contributed by atoms with van der Waals surface area (Å²) in [6.07, 6.45) is -0.564. The summed E-state index contributed by atoms with van der Waals surface area (Å²) in [5.41, 5.74) is 0.999. The van der Waals surface area contributed by atoms with Gasteiger partial charge in [-0.1, -0.05) is 35.9 Å². The van der Waals surface area contributed by atoms with Crippen molar-refractivity contribution in [2.45, 2.75) is 20.0 Å². The van der Waals surface area contributed by atoms with Crippen LogP contribution >= 0.6 is 11.6 Å². The Kier molecular flexibility index (Phi) is 6.29. The van der Waals surface area contributed by atoms with Crippen molar-refractivity contribution >= 4 is 17.5 Å². The molecule has 0 saturated heterocycles. The maximum atomic E-state index is 11.9. The molecule has 0 fully saturated rings. The smallest absolute Gasteiger partial charge is 0.260 e. The van der Waals surface area contributed by atoms with Gasteiger partial charge in [-0.2, -0.15) is 0 Å². The molecule has 0 radical (unpaired) electrons. The second-order valence-electron chi connectivity index (χ2n) is 5.12. The normalized spacial score (nSPS) is 11.6. The first-order valence-electron chi connectivity index (χ1n) is 7.44. The van der Waals surface area contributed by atoms with Crippen LogP contribution in [0.5, 0.6) is 11.5 Å². The molecule has 1 unspecified atom stereocenters. The molecule has 5 heteroatoms. The Morgan fingerprint density at radius 1 is 1.17 bits per heavy atom. The molecular weight excluding hydrogens is 314 g/mol. The van der Waals surface area contributed by atoms with Gasteiger partial charge in [-0.15, -0.1) is 0 Å². The van der Waals surface area contributed by atoms with Gasteiger partial charge in [0.1, 0.15) is 18.1 Å². The first kappa shape index (κ1) is 17.2. The predicted molar refractivity (Wildman–Crippen MR) is 91.2 cm³/mol. The molecule has 2 rings (SSSR count). The SMILES string of the molecule is Cc1ccc(OCCNC(=O)C(C)Oc2ccccc2)cc1Cl. The molecule has 0 aliphatic rings. The van der Waals surface area contributed by atoms with E-state index in [-0.39, 0.29) is 5.91 Å². The van der Waals surface area contributed by atoms with Gasteiger partial charge in [0.25, 0.3) is 5.91 Å². The van der Waals surface area contributed by atoms with Gasteiger partial charge in [-0.25, -0.2) is 0 Å². The number of amides is 1. The summed E-state index contributed by atoms with van der Waals surface area (Å²) in [5, 5.41) is 3.44. The Balaban J connectivity index is 1.71. The van der Waals surface area contributed by atoms with E-state index in [1.807, 2.05) is 49.4 Å². The van der Waals surface area contributed by atoms with Gasteiger partial charge in [0, 0.05) is 5.02 Å². The predicted octanol–water partition coefficient (Wildman–Crippen LogP) is 3.61. The maximum Gasteiger partial charge on any atom is 0.260 e. The highest BCUT2D eigenvalue weighted by Crippen LogP contribution is 2.21. The summed E-state index contributed by atoms with van der Waals surface area (Å²) in [6, 6.07) is 14.8. The van der Waals surface area contributed by atoms with E-state index in [1.165, 1.54) is 0 Å². The molecule has 4 nitrogen and oxygen atoms in total. The third kappa shape index (κ3) is 5.49. The number of ether oxygens (including phenoxy) is 2. The van der Waals surface area contributed by atoms with Gasteiger partial charge in [-0.05, 0) is 43.7 Å². The van der Waals surface area contributed by atoms with E-state index >= 15 is 0 Å². The van der Waals surface area contributed by atoms with Gasteiger partial charge in [0.05, 0.1) is 6.54 Å². The van der Waals surface area contributed by atoms with Crippen LogP contribution in [-0.2, 0) is 4.79 Å². The Bertz CT molecular complexity index is 646. The van der Waals surface area contributed by atoms with Crippen molar-refractivity contribution < 1.29 is 14.3 Å². The second kappa shape index (κ2) is 8.44. The lowest BCUT2D eigenvalue weighted by Gasteiger charge is -2.15. The van der Waals surface area contributed by atoms with Crippen LogP contribution in [0.15, 0.2) is 48.5 Å². The van der Waals surface area contributed by atoms with Crippen LogP contribution in [0.4, 0.5) is 0 Å². The second-order valence-corrected chi connectivity index (χ2v) is 5.53. The molecule has 0 heterocycles. The summed E-state index contributed by atoms with van der Waals surface area (Å²) in [6.45, 7) is 4.40. The fourth-order valence-electron chi connectivity index (χ4n) is 1.91. The average Bonchev–Trinajstić information content (AvgIpc) is 2.55. The number of nitrogens with one attached hydrogen (secondary N) is 1. The van der Waals surface area contributed by atoms with Crippen LogP contribution in [0.1, 0.15) is 12.5 Å². The number of carbonyl (C=O) groups is 1. The van der Waals surface area contributed by atoms with Gasteiger partial charge >= 0.3 is 0 Å². The monoisotopic (exact) mass is 333 g/mol. The largest absolute Gasteiger partial charge is 0.492 e. The number of benzene rings is 2. The van der Waals surface area contributed by atoms with Crippen molar-refractivity contribution in [3.8, 4) is 11.5 Å². The van der Waals surface area contributed by atoms with Gasteiger partial charge in [0.2, 0.25) is 0 Å². The summed E-state index contributed by atoms with van der Waals surface area (Å²) in [5.74, 6) is 1.17. The first-order chi connectivity index (χ1) is 11.1. The summed E-state index contributed by atoms with van der Waals surface area (Å²) in [7, 11) is 0. The zero-order chi connectivity index (χ0) is 16.7. The number of rotatable bonds is 7. The lowest BCUT2D eigenvalue weighted by Crippen LogP contribution is -2.38. The number of halogens is 1. The average molecular weight is 334 g/mol. The van der Waals surface area contributed by atoms with Crippen molar-refractivity contribution in [3.63, 3.8) is 0 Å². The van der Waals surface area contributed by atoms with Crippen molar-refractivity contribution in [2.75, 3.05) is 13.2 Å². The standard InChI is InChI=1S/C18H20ClNO3/c1-13-8-9-16(12-17(13)19)22-11-10-20-18(21)14(2)23-15-6-4-3-5-7-15/h3-9,12,14H,10-11H2,1-2H3,(H,20,21). The molecule has 0 aliphatic carbocycles. The van der Waals surface area contributed by atoms with Gasteiger partial charge < -0.3 is 14.8 Å². The molecule has 23 heavy (non-hydrogen) atoms. The van der Waals surface area contributed by atoms with E-state index in [0.717, 1.165) is 5.56 Å². The molecule has 0 aliphatic heterocycles. The molecule has 0 bridgehead atoms. The highest BCUT2D eigenvalue weighted by molar-refractivity contribution is 6.31. The number of carbonyl (C=O) groups excluding carboxylic acids is 1. The first-order valence-corrected chi connectivity index (χ1v) is 7.82. The highest BCUT2D eigenvalue weighted by atomic mass is 35.5. The number of aryl methyl sites for hydroxylation is 1. The molecule has 1 amide bonds. The van der Waals surface area contributed by atoms with Crippen molar-refractivity contribution in [2.24, 2.45) is 0 Å². The minimum Gasteiger partial charge on any atom is -0.492 e. The number of hydrogen-bond acceptors (Lipinski definition) is 3. The summed E-state index contributed by atoms with van der Waals surface area (Å²) in [4.78, 5) is 11.9. The maximum absolute atomic E-state index is 11.9. The van der Waals surface area contributed by atoms with E-state index in [9.17, 15) is 4.79 Å². The zero-order valence-electron chi connectivity index (χ0n) is 13.2. The summed E-state index contributed by atoms with van der Waals surface area (Å²) < 4.78 is 11.1. The molecule has 1 atom stereocenters. The van der Waals surface area contributed by atoms with E-state index in [0.29, 0.717) is 29.7 Å². The molecule has 2 aromatic carbocycles. The van der Waals surface area contributed by atoms with Gasteiger partial charge in [0.15, 0.2) is 6.10 Å². The van der Waals surface area contributed by atoms with Crippen LogP contribution in [0.25, 0.3) is 0 Å². The van der Waals surface area contributed by atoms with Gasteiger partial charge in [-0.3, -0.25) is 4.79 Å². The minimum absolute atomic E-state index is 0.181. The van der Waals surface area contributed by atoms with E-state index in [2.05, 4.69) is 5.32 Å².